The highest BCUT2D eigenvalue weighted by atomic mass is 32.1. The van der Waals surface area contributed by atoms with Crippen LogP contribution < -0.4 is 5.32 Å². The molecule has 2 rings (SSSR count). The predicted molar refractivity (Wildman–Crippen MR) is 138 cm³/mol. The monoisotopic (exact) mass is 490 g/mol. The second-order valence-corrected chi connectivity index (χ2v) is 11.6. The summed E-state index contributed by atoms with van der Waals surface area (Å²) < 4.78 is 0. The molecule has 1 aromatic rings. The van der Waals surface area contributed by atoms with Crippen LogP contribution in [-0.4, -0.2) is 45.1 Å². The molecule has 0 aliphatic carbocycles. The van der Waals surface area contributed by atoms with Crippen molar-refractivity contribution in [2.45, 2.75) is 98.8 Å². The number of allylic oxidation sites excluding steroid dienone is 1. The number of carbonyl (C=O) groups is 2. The zero-order chi connectivity index (χ0) is 25.6. The molecule has 1 aliphatic heterocycles. The van der Waals surface area contributed by atoms with Gasteiger partial charge in [0.1, 0.15) is 5.78 Å². The second kappa shape index (κ2) is 12.2. The van der Waals surface area contributed by atoms with Crippen molar-refractivity contribution in [3.63, 3.8) is 0 Å². The van der Waals surface area contributed by atoms with Crippen molar-refractivity contribution >= 4 is 29.1 Å². The van der Waals surface area contributed by atoms with Crippen LogP contribution in [0.1, 0.15) is 84.3 Å². The highest BCUT2D eigenvalue weighted by molar-refractivity contribution is 7.09. The number of ketones is 1. The predicted octanol–water partition coefficient (Wildman–Crippen LogP) is 4.84. The van der Waals surface area contributed by atoms with Gasteiger partial charge in [0, 0.05) is 11.3 Å². The van der Waals surface area contributed by atoms with E-state index in [1.54, 1.807) is 32.1 Å². The third-order valence-electron chi connectivity index (χ3n) is 7.19. The fourth-order valence-corrected chi connectivity index (χ4v) is 5.09. The third-order valence-corrected chi connectivity index (χ3v) is 7.98. The minimum atomic E-state index is -1.15. The summed E-state index contributed by atoms with van der Waals surface area (Å²) >= 11 is 1.58. The smallest absolute Gasteiger partial charge is 0.223 e. The van der Waals surface area contributed by atoms with Crippen molar-refractivity contribution in [1.29, 1.82) is 0 Å². The molecule has 1 amide bonds. The van der Waals surface area contributed by atoms with Crippen molar-refractivity contribution < 1.29 is 19.8 Å². The molecule has 0 bridgehead atoms. The van der Waals surface area contributed by atoms with E-state index in [2.05, 4.69) is 23.3 Å². The van der Waals surface area contributed by atoms with E-state index in [0.29, 0.717) is 6.42 Å². The normalized spacial score (nSPS) is 32.1. The fourth-order valence-electron chi connectivity index (χ4n) is 4.52. The summed E-state index contributed by atoms with van der Waals surface area (Å²) in [5.41, 5.74) is 1.94. The quantitative estimate of drug-likeness (QED) is 0.515. The van der Waals surface area contributed by atoms with Crippen molar-refractivity contribution in [2.24, 2.45) is 17.3 Å². The molecule has 5 atom stereocenters. The van der Waals surface area contributed by atoms with Crippen LogP contribution in [0.5, 0.6) is 0 Å². The second-order valence-electron chi connectivity index (χ2n) is 10.5. The van der Waals surface area contributed by atoms with E-state index < -0.39 is 23.5 Å². The van der Waals surface area contributed by atoms with E-state index in [-0.39, 0.29) is 30.1 Å². The Labute approximate surface area is 208 Å². The molecule has 34 heavy (non-hydrogen) atoms. The molecule has 0 spiro atoms. The Balaban J connectivity index is 2.33. The van der Waals surface area contributed by atoms with Crippen LogP contribution in [0.3, 0.4) is 0 Å². The average molecular weight is 491 g/mol. The number of aliphatic hydroxyl groups excluding tert-OH is 2. The summed E-state index contributed by atoms with van der Waals surface area (Å²) in [7, 11) is 0. The van der Waals surface area contributed by atoms with Crippen molar-refractivity contribution in [3.8, 4) is 0 Å². The van der Waals surface area contributed by atoms with Gasteiger partial charge in [0.05, 0.1) is 40.8 Å². The van der Waals surface area contributed by atoms with Crippen molar-refractivity contribution in [3.05, 3.63) is 33.3 Å². The molecule has 0 radical (unpaired) electrons. The lowest BCUT2D eigenvalue weighted by Crippen LogP contribution is -2.47. The highest BCUT2D eigenvalue weighted by Gasteiger charge is 2.42. The summed E-state index contributed by atoms with van der Waals surface area (Å²) in [5, 5.41) is 27.7. The number of nitrogens with one attached hydrogen (secondary N) is 1. The van der Waals surface area contributed by atoms with Crippen LogP contribution in [0, 0.1) is 24.2 Å². The first-order valence-corrected chi connectivity index (χ1v) is 13.2. The topological polar surface area (TPSA) is 99.5 Å². The summed E-state index contributed by atoms with van der Waals surface area (Å²) in [6, 6.07) is -0.233. The summed E-state index contributed by atoms with van der Waals surface area (Å²) in [5.74, 6) is -1.18. The van der Waals surface area contributed by atoms with Crippen LogP contribution in [0.2, 0.25) is 0 Å². The van der Waals surface area contributed by atoms with Crippen LogP contribution in [0.15, 0.2) is 22.6 Å². The van der Waals surface area contributed by atoms with Gasteiger partial charge in [0.25, 0.3) is 0 Å². The summed E-state index contributed by atoms with van der Waals surface area (Å²) in [6.45, 7) is 13.0. The van der Waals surface area contributed by atoms with E-state index in [4.69, 9.17) is 0 Å². The molecule has 0 saturated carbocycles. The Hall–Kier alpha value is -1.83. The standard InChI is InChI=1S/C27H42N2O4S/c1-16-9-8-10-17(2)25(32)19(4)26(33)27(6,7)23(30)14-24(31)29-22(12-11-16)18(3)13-21-15-34-20(5)28-21/h11,13,15,17,19,22-23,25,30,32H,8-10,12,14H2,1-7H3,(H,29,31)/b16-11-,18-13+/t17-,19-,22?,23+,25+/m1/s1. The van der Waals surface area contributed by atoms with Gasteiger partial charge in [0.15, 0.2) is 0 Å². The van der Waals surface area contributed by atoms with Crippen LogP contribution in [-0.2, 0) is 9.59 Å². The largest absolute Gasteiger partial charge is 0.392 e. The molecule has 6 nitrogen and oxygen atoms in total. The van der Waals surface area contributed by atoms with Crippen LogP contribution in [0.25, 0.3) is 6.08 Å². The van der Waals surface area contributed by atoms with Gasteiger partial charge in [-0.3, -0.25) is 9.59 Å². The van der Waals surface area contributed by atoms with Crippen LogP contribution in [0.4, 0.5) is 0 Å². The number of nitrogens with zero attached hydrogens (tertiary/aromatic N) is 1. The lowest BCUT2D eigenvalue weighted by atomic mass is 9.73. The number of aliphatic hydroxyl groups is 2. The molecule has 1 unspecified atom stereocenters. The molecule has 0 fully saturated rings. The molecule has 1 aliphatic rings. The van der Waals surface area contributed by atoms with E-state index >= 15 is 0 Å². The van der Waals surface area contributed by atoms with Gasteiger partial charge in [-0.05, 0) is 64.0 Å². The number of Topliss-reactive ketones (excluding diaryl/α,β-unsaturated/α-hetero) is 1. The number of hydrogen-bond acceptors (Lipinski definition) is 6. The molecule has 0 saturated heterocycles. The van der Waals surface area contributed by atoms with Crippen molar-refractivity contribution in [1.82, 2.24) is 10.3 Å². The molecule has 190 valence electrons. The summed E-state index contributed by atoms with van der Waals surface area (Å²) in [4.78, 5) is 30.6. The molecule has 7 heteroatoms. The number of amides is 1. The van der Waals surface area contributed by atoms with Crippen LogP contribution >= 0.6 is 11.3 Å². The van der Waals surface area contributed by atoms with E-state index in [1.165, 1.54) is 5.57 Å². The molecule has 1 aromatic heterocycles. The summed E-state index contributed by atoms with van der Waals surface area (Å²) in [6.07, 6.45) is 5.30. The SMILES string of the molecule is C/C1=C/CC(/C(C)=C/c2csc(C)n2)NC(=O)C[C@H](O)C(C)(C)C(=O)[C@H](C)[C@@H](O)[C@H](C)CCC1. The zero-order valence-corrected chi connectivity index (χ0v) is 22.5. The maximum absolute atomic E-state index is 13.2. The number of rotatable bonds is 2. The van der Waals surface area contributed by atoms with Crippen molar-refractivity contribution in [2.75, 3.05) is 0 Å². The third kappa shape index (κ3) is 7.59. The lowest BCUT2D eigenvalue weighted by Gasteiger charge is -2.34. The maximum atomic E-state index is 13.2. The Morgan fingerprint density at radius 1 is 1.24 bits per heavy atom. The van der Waals surface area contributed by atoms with Gasteiger partial charge in [-0.15, -0.1) is 11.3 Å². The van der Waals surface area contributed by atoms with Gasteiger partial charge in [-0.1, -0.05) is 39.3 Å². The molecular formula is C27H42N2O4S. The van der Waals surface area contributed by atoms with Gasteiger partial charge in [0.2, 0.25) is 5.91 Å². The molecule has 3 N–H and O–H groups in total. The van der Waals surface area contributed by atoms with E-state index in [0.717, 1.165) is 35.5 Å². The Bertz CT molecular complexity index is 917. The molecule has 2 heterocycles. The minimum Gasteiger partial charge on any atom is -0.392 e. The average Bonchev–Trinajstić information content (AvgIpc) is 3.18. The maximum Gasteiger partial charge on any atom is 0.223 e. The van der Waals surface area contributed by atoms with Gasteiger partial charge >= 0.3 is 0 Å². The van der Waals surface area contributed by atoms with Gasteiger partial charge in [-0.25, -0.2) is 4.98 Å². The van der Waals surface area contributed by atoms with Gasteiger partial charge in [-0.2, -0.15) is 0 Å². The first kappa shape index (κ1) is 28.4. The number of hydrogen-bond donors (Lipinski definition) is 3. The Morgan fingerprint density at radius 2 is 1.91 bits per heavy atom. The number of thiazole rings is 1. The fraction of sp³-hybridized carbons (Fsp3) is 0.667. The number of carbonyl (C=O) groups excluding carboxylic acids is 2. The first-order valence-electron chi connectivity index (χ1n) is 12.3. The Kier molecular flexibility index (Phi) is 10.2. The lowest BCUT2D eigenvalue weighted by molar-refractivity contribution is -0.143. The zero-order valence-electron chi connectivity index (χ0n) is 21.7. The number of aromatic nitrogens is 1. The van der Waals surface area contributed by atoms with E-state index in [1.807, 2.05) is 32.2 Å². The van der Waals surface area contributed by atoms with E-state index in [9.17, 15) is 19.8 Å². The molecule has 0 aromatic carbocycles. The minimum absolute atomic E-state index is 0.0320. The highest BCUT2D eigenvalue weighted by Crippen LogP contribution is 2.32. The Morgan fingerprint density at radius 3 is 2.53 bits per heavy atom. The van der Waals surface area contributed by atoms with Gasteiger partial charge < -0.3 is 15.5 Å². The first-order chi connectivity index (χ1) is 15.8. The number of aryl methyl sites for hydroxylation is 1. The molecular weight excluding hydrogens is 448 g/mol.